The van der Waals surface area contributed by atoms with Gasteiger partial charge in [-0.25, -0.2) is 0 Å². The number of hydrogen-bond acceptors (Lipinski definition) is 2. The van der Waals surface area contributed by atoms with Gasteiger partial charge in [0.1, 0.15) is 0 Å². The van der Waals surface area contributed by atoms with Gasteiger partial charge in [-0.15, -0.1) is 0 Å². The van der Waals surface area contributed by atoms with E-state index in [0.717, 1.165) is 9.13 Å². The third-order valence-corrected chi connectivity index (χ3v) is 2.99. The van der Waals surface area contributed by atoms with Crippen LogP contribution in [-0.4, -0.2) is 13.7 Å². The predicted octanol–water partition coefficient (Wildman–Crippen LogP) is 2.59. The molecule has 72 valence electrons. The molecule has 2 N–H and O–H groups in total. The number of halogens is 2. The van der Waals surface area contributed by atoms with Gasteiger partial charge >= 0.3 is 0 Å². The lowest BCUT2D eigenvalue weighted by atomic mass is 10.1. The molecule has 0 saturated carbocycles. The van der Waals surface area contributed by atoms with Crippen molar-refractivity contribution in [2.75, 3.05) is 13.7 Å². The summed E-state index contributed by atoms with van der Waals surface area (Å²) >= 11 is 8.24. The van der Waals surface area contributed by atoms with Gasteiger partial charge in [-0.2, -0.15) is 0 Å². The van der Waals surface area contributed by atoms with Gasteiger partial charge in [0.05, 0.1) is 12.6 Å². The average molecular weight is 312 g/mol. The summed E-state index contributed by atoms with van der Waals surface area (Å²) in [6.07, 6.45) is 0. The average Bonchev–Trinajstić information content (AvgIpc) is 2.04. The van der Waals surface area contributed by atoms with Crippen molar-refractivity contribution >= 4 is 34.2 Å². The van der Waals surface area contributed by atoms with Crippen molar-refractivity contribution in [2.24, 2.45) is 5.73 Å². The number of benzene rings is 1. The van der Waals surface area contributed by atoms with Crippen LogP contribution in [0.2, 0.25) is 5.02 Å². The Bertz CT molecular complexity index is 273. The highest BCUT2D eigenvalue weighted by Crippen LogP contribution is 2.26. The summed E-state index contributed by atoms with van der Waals surface area (Å²) in [4.78, 5) is 0. The Morgan fingerprint density at radius 1 is 1.62 bits per heavy atom. The van der Waals surface area contributed by atoms with E-state index >= 15 is 0 Å². The molecule has 1 aromatic carbocycles. The van der Waals surface area contributed by atoms with E-state index in [1.54, 1.807) is 7.11 Å². The fraction of sp³-hybridized carbons (Fsp3) is 0.333. The van der Waals surface area contributed by atoms with Gasteiger partial charge in [0.2, 0.25) is 0 Å². The van der Waals surface area contributed by atoms with E-state index in [4.69, 9.17) is 22.1 Å². The van der Waals surface area contributed by atoms with Crippen LogP contribution in [-0.2, 0) is 4.74 Å². The SMILES string of the molecule is COC[C@H](N)c1c(Cl)cccc1I. The second-order valence-electron chi connectivity index (χ2n) is 2.70. The van der Waals surface area contributed by atoms with E-state index in [1.807, 2.05) is 18.2 Å². The Hall–Kier alpha value is 0.160. The summed E-state index contributed by atoms with van der Waals surface area (Å²) in [5.74, 6) is 0. The molecule has 1 rings (SSSR count). The van der Waals surface area contributed by atoms with Crippen molar-refractivity contribution in [3.05, 3.63) is 32.4 Å². The lowest BCUT2D eigenvalue weighted by Crippen LogP contribution is -2.17. The molecule has 0 unspecified atom stereocenters. The van der Waals surface area contributed by atoms with Gasteiger partial charge in [0.15, 0.2) is 0 Å². The molecule has 2 nitrogen and oxygen atoms in total. The predicted molar refractivity (Wildman–Crippen MR) is 63.0 cm³/mol. The van der Waals surface area contributed by atoms with E-state index in [1.165, 1.54) is 0 Å². The van der Waals surface area contributed by atoms with Crippen LogP contribution in [0.5, 0.6) is 0 Å². The molecule has 0 fully saturated rings. The second-order valence-corrected chi connectivity index (χ2v) is 4.27. The number of rotatable bonds is 3. The van der Waals surface area contributed by atoms with Crippen molar-refractivity contribution in [3.8, 4) is 0 Å². The van der Waals surface area contributed by atoms with Gasteiger partial charge in [0.25, 0.3) is 0 Å². The maximum absolute atomic E-state index is 6.02. The lowest BCUT2D eigenvalue weighted by Gasteiger charge is -2.14. The standard InChI is InChI=1S/C9H11ClINO/c1-13-5-8(12)9-6(10)3-2-4-7(9)11/h2-4,8H,5,12H2,1H3/t8-/m0/s1. The van der Waals surface area contributed by atoms with Crippen molar-refractivity contribution < 1.29 is 4.74 Å². The zero-order valence-electron chi connectivity index (χ0n) is 7.26. The van der Waals surface area contributed by atoms with Crippen LogP contribution in [0.1, 0.15) is 11.6 Å². The summed E-state index contributed by atoms with van der Waals surface area (Å²) in [6, 6.07) is 5.59. The van der Waals surface area contributed by atoms with Gasteiger partial charge in [-0.3, -0.25) is 0 Å². The first kappa shape index (κ1) is 11.2. The van der Waals surface area contributed by atoms with Gasteiger partial charge in [0, 0.05) is 21.3 Å². The van der Waals surface area contributed by atoms with Crippen molar-refractivity contribution in [1.29, 1.82) is 0 Å². The molecule has 1 atom stereocenters. The molecular formula is C9H11ClINO. The first-order chi connectivity index (χ1) is 6.16. The molecule has 0 aliphatic rings. The molecule has 0 aliphatic heterocycles. The van der Waals surface area contributed by atoms with Crippen molar-refractivity contribution in [3.63, 3.8) is 0 Å². The highest BCUT2D eigenvalue weighted by Gasteiger charge is 2.12. The highest BCUT2D eigenvalue weighted by molar-refractivity contribution is 14.1. The van der Waals surface area contributed by atoms with Crippen LogP contribution < -0.4 is 5.73 Å². The Morgan fingerprint density at radius 3 is 2.85 bits per heavy atom. The summed E-state index contributed by atoms with van der Waals surface area (Å²) in [5, 5.41) is 0.705. The van der Waals surface area contributed by atoms with Gasteiger partial charge in [-0.1, -0.05) is 17.7 Å². The first-order valence-corrected chi connectivity index (χ1v) is 5.31. The normalized spacial score (nSPS) is 12.9. The summed E-state index contributed by atoms with van der Waals surface area (Å²) in [6.45, 7) is 0.486. The molecule has 0 aromatic heterocycles. The Labute approximate surface area is 96.5 Å². The molecule has 0 spiro atoms. The third-order valence-electron chi connectivity index (χ3n) is 1.72. The van der Waals surface area contributed by atoms with E-state index in [-0.39, 0.29) is 6.04 Å². The zero-order chi connectivity index (χ0) is 9.84. The minimum absolute atomic E-state index is 0.148. The molecule has 0 saturated heterocycles. The maximum atomic E-state index is 6.02. The quantitative estimate of drug-likeness (QED) is 0.871. The minimum Gasteiger partial charge on any atom is -0.383 e. The van der Waals surface area contributed by atoms with Crippen LogP contribution in [0.15, 0.2) is 18.2 Å². The fourth-order valence-corrected chi connectivity index (χ4v) is 2.50. The number of hydrogen-bond donors (Lipinski definition) is 1. The molecule has 0 aliphatic carbocycles. The molecule has 0 amide bonds. The van der Waals surface area contributed by atoms with Gasteiger partial charge in [-0.05, 0) is 34.7 Å². The molecule has 0 bridgehead atoms. The topological polar surface area (TPSA) is 35.2 Å². The van der Waals surface area contributed by atoms with Crippen LogP contribution in [0.4, 0.5) is 0 Å². The molecule has 0 heterocycles. The number of methoxy groups -OCH3 is 1. The molecule has 1 aromatic rings. The van der Waals surface area contributed by atoms with Crippen molar-refractivity contribution in [2.45, 2.75) is 6.04 Å². The van der Waals surface area contributed by atoms with E-state index in [0.29, 0.717) is 11.6 Å². The Kier molecular flexibility index (Phi) is 4.45. The van der Waals surface area contributed by atoms with Crippen LogP contribution >= 0.6 is 34.2 Å². The smallest absolute Gasteiger partial charge is 0.0656 e. The summed E-state index contributed by atoms with van der Waals surface area (Å²) in [7, 11) is 1.63. The van der Waals surface area contributed by atoms with E-state index in [9.17, 15) is 0 Å². The highest BCUT2D eigenvalue weighted by atomic mass is 127. The molecule has 13 heavy (non-hydrogen) atoms. The van der Waals surface area contributed by atoms with Crippen molar-refractivity contribution in [1.82, 2.24) is 0 Å². The molecule has 0 radical (unpaired) electrons. The summed E-state index contributed by atoms with van der Waals surface area (Å²) < 4.78 is 6.06. The fourth-order valence-electron chi connectivity index (χ4n) is 1.13. The maximum Gasteiger partial charge on any atom is 0.0656 e. The molecule has 4 heteroatoms. The van der Waals surface area contributed by atoms with Gasteiger partial charge < -0.3 is 10.5 Å². The molecular weight excluding hydrogens is 300 g/mol. The largest absolute Gasteiger partial charge is 0.383 e. The first-order valence-electron chi connectivity index (χ1n) is 3.85. The zero-order valence-corrected chi connectivity index (χ0v) is 10.2. The summed E-state index contributed by atoms with van der Waals surface area (Å²) in [5.41, 5.74) is 6.86. The Balaban J connectivity index is 2.98. The minimum atomic E-state index is -0.148. The monoisotopic (exact) mass is 311 g/mol. The van der Waals surface area contributed by atoms with E-state index in [2.05, 4.69) is 22.6 Å². The third kappa shape index (κ3) is 2.80. The lowest BCUT2D eigenvalue weighted by molar-refractivity contribution is 0.180. The number of ether oxygens (including phenoxy) is 1. The Morgan fingerprint density at radius 2 is 2.31 bits per heavy atom. The van der Waals surface area contributed by atoms with Crippen LogP contribution in [0.3, 0.4) is 0 Å². The van der Waals surface area contributed by atoms with E-state index < -0.39 is 0 Å². The van der Waals surface area contributed by atoms with Crippen LogP contribution in [0, 0.1) is 3.57 Å². The second kappa shape index (κ2) is 5.14. The number of nitrogens with two attached hydrogens (primary N) is 1. The van der Waals surface area contributed by atoms with Crippen LogP contribution in [0.25, 0.3) is 0 Å².